The Labute approximate surface area is 153 Å². The summed E-state index contributed by atoms with van der Waals surface area (Å²) in [5, 5.41) is 3.73. The molecule has 132 valence electrons. The lowest BCUT2D eigenvalue weighted by atomic mass is 9.78. The monoisotopic (exact) mass is 358 g/mol. The number of amides is 1. The lowest BCUT2D eigenvalue weighted by Gasteiger charge is -2.29. The van der Waals surface area contributed by atoms with Crippen molar-refractivity contribution in [3.05, 3.63) is 52.7 Å². The highest BCUT2D eigenvalue weighted by Gasteiger charge is 2.44. The highest BCUT2D eigenvalue weighted by molar-refractivity contribution is 6.31. The molecular weight excluding hydrogens is 336 g/mol. The zero-order valence-electron chi connectivity index (χ0n) is 14.6. The van der Waals surface area contributed by atoms with Crippen LogP contribution in [0.5, 0.6) is 5.88 Å². The largest absolute Gasteiger partial charge is 0.478 e. The van der Waals surface area contributed by atoms with E-state index in [0.717, 1.165) is 36.9 Å². The molecule has 0 bridgehead atoms. The molecule has 1 saturated carbocycles. The summed E-state index contributed by atoms with van der Waals surface area (Å²) in [5.41, 5.74) is 1.81. The maximum absolute atomic E-state index is 13.2. The minimum atomic E-state index is -0.566. The van der Waals surface area contributed by atoms with Crippen LogP contribution in [0.3, 0.4) is 0 Å². The number of pyridine rings is 1. The van der Waals surface area contributed by atoms with Gasteiger partial charge in [-0.2, -0.15) is 0 Å². The molecule has 1 aromatic heterocycles. The molecule has 1 fully saturated rings. The van der Waals surface area contributed by atoms with Gasteiger partial charge >= 0.3 is 0 Å². The van der Waals surface area contributed by atoms with Gasteiger partial charge in [-0.3, -0.25) is 4.79 Å². The molecule has 0 radical (unpaired) electrons. The molecule has 1 amide bonds. The van der Waals surface area contributed by atoms with E-state index in [1.807, 2.05) is 44.2 Å². The number of aromatic nitrogens is 1. The first kappa shape index (κ1) is 17.7. The second kappa shape index (κ2) is 7.44. The molecule has 2 aromatic rings. The van der Waals surface area contributed by atoms with E-state index in [0.29, 0.717) is 23.2 Å². The summed E-state index contributed by atoms with van der Waals surface area (Å²) in [6.07, 6.45) is 3.68. The molecule has 3 rings (SSSR count). The van der Waals surface area contributed by atoms with Crippen LogP contribution >= 0.6 is 11.6 Å². The standard InChI is InChI=1S/C20H23ClN2O2/c1-3-25-18-11-10-17(14(2)22-18)23-19(24)20(12-6-7-13-20)15-8-4-5-9-16(15)21/h4-5,8-11H,3,6-7,12-13H2,1-2H3,(H,23,24). The predicted octanol–water partition coefficient (Wildman–Crippen LogP) is 4.89. The first-order valence-electron chi connectivity index (χ1n) is 8.74. The molecule has 1 N–H and O–H groups in total. The molecular formula is C20H23ClN2O2. The number of aryl methyl sites for hydroxylation is 1. The summed E-state index contributed by atoms with van der Waals surface area (Å²) < 4.78 is 5.41. The quantitative estimate of drug-likeness (QED) is 0.827. The lowest BCUT2D eigenvalue weighted by molar-refractivity contribution is -0.121. The van der Waals surface area contributed by atoms with Gasteiger partial charge in [0.25, 0.3) is 0 Å². The Balaban J connectivity index is 1.89. The number of rotatable bonds is 5. The number of benzene rings is 1. The number of anilines is 1. The van der Waals surface area contributed by atoms with Crippen LogP contribution in [0, 0.1) is 6.92 Å². The zero-order chi connectivity index (χ0) is 17.9. The van der Waals surface area contributed by atoms with Gasteiger partial charge in [0.1, 0.15) is 0 Å². The smallest absolute Gasteiger partial charge is 0.235 e. The van der Waals surface area contributed by atoms with Crippen molar-refractivity contribution in [3.8, 4) is 5.88 Å². The molecule has 0 unspecified atom stereocenters. The molecule has 0 atom stereocenters. The fourth-order valence-corrected chi connectivity index (χ4v) is 3.90. The highest BCUT2D eigenvalue weighted by atomic mass is 35.5. The maximum atomic E-state index is 13.2. The van der Waals surface area contributed by atoms with Crippen LogP contribution in [0.2, 0.25) is 5.02 Å². The Bertz CT molecular complexity index is 770. The Kier molecular flexibility index (Phi) is 5.28. The summed E-state index contributed by atoms with van der Waals surface area (Å²) in [6.45, 7) is 4.35. The molecule has 1 aliphatic rings. The van der Waals surface area contributed by atoms with Crippen molar-refractivity contribution >= 4 is 23.2 Å². The van der Waals surface area contributed by atoms with E-state index in [2.05, 4.69) is 10.3 Å². The molecule has 1 aliphatic carbocycles. The van der Waals surface area contributed by atoms with E-state index in [1.54, 1.807) is 6.07 Å². The zero-order valence-corrected chi connectivity index (χ0v) is 15.4. The van der Waals surface area contributed by atoms with Crippen LogP contribution in [-0.4, -0.2) is 17.5 Å². The molecule has 1 heterocycles. The highest BCUT2D eigenvalue weighted by Crippen LogP contribution is 2.44. The summed E-state index contributed by atoms with van der Waals surface area (Å²) in [7, 11) is 0. The van der Waals surface area contributed by atoms with Gasteiger partial charge in [0.2, 0.25) is 11.8 Å². The van der Waals surface area contributed by atoms with E-state index in [-0.39, 0.29) is 5.91 Å². The second-order valence-corrected chi connectivity index (χ2v) is 6.85. The van der Waals surface area contributed by atoms with Crippen molar-refractivity contribution < 1.29 is 9.53 Å². The molecule has 5 heteroatoms. The Morgan fingerprint density at radius 2 is 1.96 bits per heavy atom. The van der Waals surface area contributed by atoms with Crippen molar-refractivity contribution in [3.63, 3.8) is 0 Å². The number of hydrogen-bond donors (Lipinski definition) is 1. The number of nitrogens with one attached hydrogen (secondary N) is 1. The number of hydrogen-bond acceptors (Lipinski definition) is 3. The number of ether oxygens (including phenoxy) is 1. The normalized spacial score (nSPS) is 15.8. The Morgan fingerprint density at radius 1 is 1.24 bits per heavy atom. The van der Waals surface area contributed by atoms with Gasteiger partial charge in [-0.05, 0) is 44.4 Å². The molecule has 1 aromatic carbocycles. The van der Waals surface area contributed by atoms with E-state index >= 15 is 0 Å². The Hall–Kier alpha value is -2.07. The lowest BCUT2D eigenvalue weighted by Crippen LogP contribution is -2.38. The van der Waals surface area contributed by atoms with Crippen molar-refractivity contribution in [2.45, 2.75) is 44.9 Å². The van der Waals surface area contributed by atoms with Gasteiger partial charge in [-0.25, -0.2) is 4.98 Å². The number of halogens is 1. The number of nitrogens with zero attached hydrogens (tertiary/aromatic N) is 1. The summed E-state index contributed by atoms with van der Waals surface area (Å²) in [4.78, 5) is 17.6. The first-order chi connectivity index (χ1) is 12.1. The topological polar surface area (TPSA) is 51.2 Å². The van der Waals surface area contributed by atoms with Gasteiger partial charge in [0.15, 0.2) is 0 Å². The number of carbonyl (C=O) groups is 1. The van der Waals surface area contributed by atoms with E-state index in [9.17, 15) is 4.79 Å². The van der Waals surface area contributed by atoms with Crippen LogP contribution in [-0.2, 0) is 10.2 Å². The van der Waals surface area contributed by atoms with Crippen LogP contribution in [0.15, 0.2) is 36.4 Å². The van der Waals surface area contributed by atoms with Crippen LogP contribution in [0.4, 0.5) is 5.69 Å². The van der Waals surface area contributed by atoms with Gasteiger partial charge in [0, 0.05) is 11.1 Å². The molecule has 0 spiro atoms. The van der Waals surface area contributed by atoms with Crippen molar-refractivity contribution in [2.75, 3.05) is 11.9 Å². The first-order valence-corrected chi connectivity index (χ1v) is 9.11. The van der Waals surface area contributed by atoms with Crippen LogP contribution < -0.4 is 10.1 Å². The van der Waals surface area contributed by atoms with E-state index < -0.39 is 5.41 Å². The third-order valence-electron chi connectivity index (χ3n) is 4.88. The fraction of sp³-hybridized carbons (Fsp3) is 0.400. The van der Waals surface area contributed by atoms with Crippen LogP contribution in [0.1, 0.15) is 43.9 Å². The molecule has 4 nitrogen and oxygen atoms in total. The average molecular weight is 359 g/mol. The van der Waals surface area contributed by atoms with Crippen molar-refractivity contribution in [1.29, 1.82) is 0 Å². The van der Waals surface area contributed by atoms with Crippen molar-refractivity contribution in [2.24, 2.45) is 0 Å². The third kappa shape index (κ3) is 3.49. The minimum Gasteiger partial charge on any atom is -0.478 e. The van der Waals surface area contributed by atoms with E-state index in [1.165, 1.54) is 0 Å². The summed E-state index contributed by atoms with van der Waals surface area (Å²) in [5.74, 6) is 0.562. The van der Waals surface area contributed by atoms with E-state index in [4.69, 9.17) is 16.3 Å². The Morgan fingerprint density at radius 3 is 2.60 bits per heavy atom. The molecule has 25 heavy (non-hydrogen) atoms. The SMILES string of the molecule is CCOc1ccc(NC(=O)C2(c3ccccc3Cl)CCCC2)c(C)n1. The van der Waals surface area contributed by atoms with Crippen molar-refractivity contribution in [1.82, 2.24) is 4.98 Å². The van der Waals surface area contributed by atoms with Gasteiger partial charge < -0.3 is 10.1 Å². The minimum absolute atomic E-state index is 0.00726. The molecule has 0 aliphatic heterocycles. The summed E-state index contributed by atoms with van der Waals surface area (Å²) >= 11 is 6.42. The van der Waals surface area contributed by atoms with Gasteiger partial charge in [0.05, 0.1) is 23.4 Å². The molecule has 0 saturated heterocycles. The fourth-order valence-electron chi connectivity index (χ4n) is 3.59. The van der Waals surface area contributed by atoms with Gasteiger partial charge in [-0.1, -0.05) is 42.6 Å². The second-order valence-electron chi connectivity index (χ2n) is 6.44. The van der Waals surface area contributed by atoms with Gasteiger partial charge in [-0.15, -0.1) is 0 Å². The maximum Gasteiger partial charge on any atom is 0.235 e. The van der Waals surface area contributed by atoms with Crippen LogP contribution in [0.25, 0.3) is 0 Å². The predicted molar refractivity (Wildman–Crippen MR) is 100 cm³/mol. The summed E-state index contributed by atoms with van der Waals surface area (Å²) in [6, 6.07) is 11.3. The average Bonchev–Trinajstić information content (AvgIpc) is 3.09. The third-order valence-corrected chi connectivity index (χ3v) is 5.21. The number of carbonyl (C=O) groups excluding carboxylic acids is 1.